The lowest BCUT2D eigenvalue weighted by atomic mass is 10.1. The van der Waals surface area contributed by atoms with E-state index in [4.69, 9.17) is 4.74 Å². The number of pyridine rings is 1. The van der Waals surface area contributed by atoms with Crippen molar-refractivity contribution in [1.29, 1.82) is 0 Å². The fourth-order valence-electron chi connectivity index (χ4n) is 3.43. The Bertz CT molecular complexity index is 1360. The molecule has 0 aliphatic heterocycles. The van der Waals surface area contributed by atoms with Crippen molar-refractivity contribution in [3.8, 4) is 0 Å². The largest absolute Gasteiger partial charge is 0.457 e. The van der Waals surface area contributed by atoms with E-state index < -0.39 is 11.2 Å². The van der Waals surface area contributed by atoms with E-state index in [1.807, 2.05) is 42.5 Å². The molecule has 0 aliphatic carbocycles. The number of nitrogens with zero attached hydrogens (tertiary/aromatic N) is 4. The second kappa shape index (κ2) is 9.72. The van der Waals surface area contributed by atoms with Gasteiger partial charge in [0, 0.05) is 5.39 Å². The summed E-state index contributed by atoms with van der Waals surface area (Å²) < 4.78 is 7.05. The van der Waals surface area contributed by atoms with Crippen molar-refractivity contribution in [3.05, 3.63) is 59.1 Å². The minimum Gasteiger partial charge on any atom is -0.457 e. The normalized spacial score (nSPS) is 12.1. The summed E-state index contributed by atoms with van der Waals surface area (Å²) in [4.78, 5) is 29.9. The molecule has 0 spiro atoms. The van der Waals surface area contributed by atoms with Crippen LogP contribution in [0.25, 0.3) is 16.6 Å². The van der Waals surface area contributed by atoms with Crippen LogP contribution >= 0.6 is 23.1 Å². The van der Waals surface area contributed by atoms with Gasteiger partial charge in [-0.15, -0.1) is 10.2 Å². The third kappa shape index (κ3) is 4.62. The standard InChI is InChI=1S/C23H23N5O3S2/c1-5-11-31-21(30)19-14(4)24-22(33-19)25-20(29)17(6-2)32-23-27-26-18-12-13(3)15-9-7-8-10-16(15)28(18)23/h5,7-10,12,17H,1,6,11H2,2-4H3,(H,24,25,29). The van der Waals surface area contributed by atoms with Gasteiger partial charge in [0.15, 0.2) is 15.9 Å². The first-order valence-corrected chi connectivity index (χ1v) is 12.1. The molecule has 3 aromatic heterocycles. The molecule has 0 saturated heterocycles. The SMILES string of the molecule is C=CCOC(=O)c1sc(NC(=O)C(CC)Sc2nnc3cc(C)c4ccccc4n23)nc1C. The van der Waals surface area contributed by atoms with Gasteiger partial charge < -0.3 is 10.1 Å². The zero-order valence-electron chi connectivity index (χ0n) is 18.5. The van der Waals surface area contributed by atoms with Gasteiger partial charge in [-0.25, -0.2) is 9.78 Å². The number of fused-ring (bicyclic) bond motifs is 3. The summed E-state index contributed by atoms with van der Waals surface area (Å²) in [5.74, 6) is -0.695. The number of carbonyl (C=O) groups is 2. The van der Waals surface area contributed by atoms with E-state index in [2.05, 4.69) is 33.1 Å². The number of thioether (sulfide) groups is 1. The average molecular weight is 482 g/mol. The Labute approximate surface area is 199 Å². The predicted octanol–water partition coefficient (Wildman–Crippen LogP) is 4.81. The van der Waals surface area contributed by atoms with Crippen molar-refractivity contribution in [2.75, 3.05) is 11.9 Å². The summed E-state index contributed by atoms with van der Waals surface area (Å²) in [6, 6.07) is 10.0. The number of thiazole rings is 1. The molecule has 170 valence electrons. The number of ether oxygens (including phenoxy) is 1. The number of para-hydroxylation sites is 1. The van der Waals surface area contributed by atoms with Gasteiger partial charge in [-0.1, -0.05) is 60.9 Å². The first-order chi connectivity index (χ1) is 15.9. The van der Waals surface area contributed by atoms with E-state index in [-0.39, 0.29) is 12.5 Å². The Balaban J connectivity index is 1.56. The van der Waals surface area contributed by atoms with Gasteiger partial charge in [0.25, 0.3) is 0 Å². The number of nitrogens with one attached hydrogen (secondary N) is 1. The first-order valence-electron chi connectivity index (χ1n) is 10.4. The molecule has 8 nitrogen and oxygen atoms in total. The first kappa shape index (κ1) is 22.9. The molecule has 4 rings (SSSR count). The van der Waals surface area contributed by atoms with Gasteiger partial charge in [-0.05, 0) is 38.0 Å². The second-order valence-electron chi connectivity index (χ2n) is 7.35. The predicted molar refractivity (Wildman–Crippen MR) is 131 cm³/mol. The maximum absolute atomic E-state index is 13.0. The summed E-state index contributed by atoms with van der Waals surface area (Å²) in [5.41, 5.74) is 3.36. The Morgan fingerprint density at radius 1 is 1.30 bits per heavy atom. The molecule has 0 bridgehead atoms. The molecule has 1 aromatic carbocycles. The average Bonchev–Trinajstić information content (AvgIpc) is 3.38. The Morgan fingerprint density at radius 3 is 2.85 bits per heavy atom. The molecule has 1 unspecified atom stereocenters. The molecule has 1 amide bonds. The minimum absolute atomic E-state index is 0.118. The van der Waals surface area contributed by atoms with Crippen molar-refractivity contribution in [3.63, 3.8) is 0 Å². The topological polar surface area (TPSA) is 98.5 Å². The number of aryl methyl sites for hydroxylation is 2. The molecule has 0 aliphatic rings. The third-order valence-electron chi connectivity index (χ3n) is 5.03. The van der Waals surface area contributed by atoms with E-state index in [1.165, 1.54) is 17.8 Å². The molecule has 10 heteroatoms. The van der Waals surface area contributed by atoms with Crippen molar-refractivity contribution in [2.24, 2.45) is 0 Å². The zero-order valence-corrected chi connectivity index (χ0v) is 20.1. The summed E-state index contributed by atoms with van der Waals surface area (Å²) >= 11 is 2.45. The van der Waals surface area contributed by atoms with Crippen molar-refractivity contribution >= 4 is 56.7 Å². The zero-order chi connectivity index (χ0) is 23.5. The minimum atomic E-state index is -0.482. The lowest BCUT2D eigenvalue weighted by Crippen LogP contribution is -2.24. The highest BCUT2D eigenvalue weighted by molar-refractivity contribution is 8.00. The van der Waals surface area contributed by atoms with Crippen LogP contribution in [-0.4, -0.2) is 43.3 Å². The Morgan fingerprint density at radius 2 is 2.09 bits per heavy atom. The van der Waals surface area contributed by atoms with Gasteiger partial charge in [0.05, 0.1) is 16.5 Å². The number of aromatic nitrogens is 4. The van der Waals surface area contributed by atoms with Gasteiger partial charge in [-0.3, -0.25) is 9.20 Å². The highest BCUT2D eigenvalue weighted by Crippen LogP contribution is 2.30. The van der Waals surface area contributed by atoms with Crippen LogP contribution in [0.2, 0.25) is 0 Å². The lowest BCUT2D eigenvalue weighted by Gasteiger charge is -2.13. The number of amides is 1. The van der Waals surface area contributed by atoms with Gasteiger partial charge in [0.1, 0.15) is 11.5 Å². The molecule has 4 aromatic rings. The molecule has 0 saturated carbocycles. The highest BCUT2D eigenvalue weighted by Gasteiger charge is 2.24. The van der Waals surface area contributed by atoms with Gasteiger partial charge >= 0.3 is 5.97 Å². The van der Waals surface area contributed by atoms with Gasteiger partial charge in [0.2, 0.25) is 5.91 Å². The molecule has 33 heavy (non-hydrogen) atoms. The van der Waals surface area contributed by atoms with E-state index in [0.717, 1.165) is 33.5 Å². The van der Waals surface area contributed by atoms with Crippen molar-refractivity contribution in [1.82, 2.24) is 19.6 Å². The molecule has 3 heterocycles. The van der Waals surface area contributed by atoms with Crippen LogP contribution in [0.3, 0.4) is 0 Å². The highest BCUT2D eigenvalue weighted by atomic mass is 32.2. The lowest BCUT2D eigenvalue weighted by molar-refractivity contribution is -0.115. The number of rotatable bonds is 8. The fourth-order valence-corrected chi connectivity index (χ4v) is 5.26. The Hall–Kier alpha value is -3.24. The number of esters is 1. The number of hydrogen-bond donors (Lipinski definition) is 1. The summed E-state index contributed by atoms with van der Waals surface area (Å²) in [6.45, 7) is 9.34. The quantitative estimate of drug-likeness (QED) is 0.219. The van der Waals surface area contributed by atoms with Crippen LogP contribution in [0, 0.1) is 13.8 Å². The number of hydrogen-bond acceptors (Lipinski definition) is 8. The van der Waals surface area contributed by atoms with Crippen molar-refractivity contribution < 1.29 is 14.3 Å². The van der Waals surface area contributed by atoms with Crippen LogP contribution in [0.5, 0.6) is 0 Å². The molecular weight excluding hydrogens is 458 g/mol. The maximum Gasteiger partial charge on any atom is 0.350 e. The Kier molecular flexibility index (Phi) is 6.75. The second-order valence-corrected chi connectivity index (χ2v) is 9.51. The van der Waals surface area contributed by atoms with E-state index in [1.54, 1.807) is 6.92 Å². The van der Waals surface area contributed by atoms with Crippen LogP contribution in [0.4, 0.5) is 5.13 Å². The van der Waals surface area contributed by atoms with Crippen LogP contribution in [0.15, 0.2) is 48.1 Å². The third-order valence-corrected chi connectivity index (χ3v) is 7.39. The smallest absolute Gasteiger partial charge is 0.350 e. The van der Waals surface area contributed by atoms with E-state index in [9.17, 15) is 9.59 Å². The molecule has 1 N–H and O–H groups in total. The molecule has 0 fully saturated rings. The summed E-state index contributed by atoms with van der Waals surface area (Å²) in [7, 11) is 0. The number of benzene rings is 1. The molecule has 0 radical (unpaired) electrons. The number of carbonyl (C=O) groups excluding carboxylic acids is 2. The van der Waals surface area contributed by atoms with E-state index >= 15 is 0 Å². The van der Waals surface area contributed by atoms with Crippen LogP contribution < -0.4 is 5.32 Å². The van der Waals surface area contributed by atoms with E-state index in [0.29, 0.717) is 27.3 Å². The fraction of sp³-hybridized carbons (Fsp3) is 0.261. The summed E-state index contributed by atoms with van der Waals surface area (Å²) in [5, 5.41) is 13.2. The molecule has 1 atom stereocenters. The summed E-state index contributed by atoms with van der Waals surface area (Å²) in [6.07, 6.45) is 2.08. The number of anilines is 1. The van der Waals surface area contributed by atoms with Crippen LogP contribution in [0.1, 0.15) is 34.3 Å². The van der Waals surface area contributed by atoms with Crippen molar-refractivity contribution in [2.45, 2.75) is 37.6 Å². The molecular formula is C23H23N5O3S2. The monoisotopic (exact) mass is 481 g/mol. The maximum atomic E-state index is 13.0. The van der Waals surface area contributed by atoms with Gasteiger partial charge in [-0.2, -0.15) is 0 Å². The van der Waals surface area contributed by atoms with Crippen LogP contribution in [-0.2, 0) is 9.53 Å².